The molecule has 1 aliphatic rings. The van der Waals surface area contributed by atoms with Gasteiger partial charge in [-0.15, -0.1) is 0 Å². The molecule has 1 fully saturated rings. The van der Waals surface area contributed by atoms with E-state index in [1.54, 1.807) is 37.4 Å². The number of methoxy groups -OCH3 is 1. The van der Waals surface area contributed by atoms with E-state index < -0.39 is 11.4 Å². The van der Waals surface area contributed by atoms with Crippen LogP contribution in [0.15, 0.2) is 47.6 Å². The Morgan fingerprint density at radius 3 is 2.56 bits per heavy atom. The molecule has 0 saturated carbocycles. The summed E-state index contributed by atoms with van der Waals surface area (Å²) in [5.41, 5.74) is 1.41. The van der Waals surface area contributed by atoms with E-state index in [2.05, 4.69) is 5.16 Å². The molecule has 144 valence electrons. The lowest BCUT2D eigenvalue weighted by atomic mass is 9.87. The highest BCUT2D eigenvalue weighted by Gasteiger charge is 2.44. The van der Waals surface area contributed by atoms with Gasteiger partial charge in [-0.2, -0.15) is 0 Å². The molecular weight excluding hydrogens is 349 g/mol. The fourth-order valence-electron chi connectivity index (χ4n) is 3.54. The van der Waals surface area contributed by atoms with E-state index in [0.717, 1.165) is 5.56 Å². The predicted molar refractivity (Wildman–Crippen MR) is 100 cm³/mol. The normalized spacial score (nSPS) is 22.8. The second kappa shape index (κ2) is 8.06. The maximum Gasteiger partial charge on any atom is 0.130 e. The molecule has 0 amide bonds. The molecule has 27 heavy (non-hydrogen) atoms. The number of ether oxygens (including phenoxy) is 3. The smallest absolute Gasteiger partial charge is 0.130 e. The Morgan fingerprint density at radius 1 is 1.26 bits per heavy atom. The molecule has 5 nitrogen and oxygen atoms in total. The van der Waals surface area contributed by atoms with Crippen LogP contribution in [-0.4, -0.2) is 30.7 Å². The molecule has 1 heterocycles. The van der Waals surface area contributed by atoms with Crippen molar-refractivity contribution >= 4 is 5.71 Å². The zero-order chi connectivity index (χ0) is 19.4. The number of nitrogens with zero attached hydrogens (tertiary/aromatic N) is 1. The van der Waals surface area contributed by atoms with Crippen LogP contribution in [0.1, 0.15) is 37.8 Å². The third-order valence-corrected chi connectivity index (χ3v) is 5.10. The van der Waals surface area contributed by atoms with E-state index in [-0.39, 0.29) is 6.10 Å². The molecule has 1 aliphatic heterocycles. The zero-order valence-corrected chi connectivity index (χ0v) is 15.7. The van der Waals surface area contributed by atoms with Crippen molar-refractivity contribution in [1.82, 2.24) is 0 Å². The molecule has 0 bridgehead atoms. The van der Waals surface area contributed by atoms with Gasteiger partial charge in [0, 0.05) is 19.6 Å². The van der Waals surface area contributed by atoms with Gasteiger partial charge in [0.2, 0.25) is 0 Å². The molecule has 6 heteroatoms. The van der Waals surface area contributed by atoms with Crippen LogP contribution in [0.5, 0.6) is 11.5 Å². The predicted octanol–water partition coefficient (Wildman–Crippen LogP) is 4.86. The van der Waals surface area contributed by atoms with E-state index in [9.17, 15) is 4.39 Å². The van der Waals surface area contributed by atoms with Gasteiger partial charge >= 0.3 is 0 Å². The molecule has 1 saturated heterocycles. The Hall–Kier alpha value is -2.44. The monoisotopic (exact) mass is 373 g/mol. The van der Waals surface area contributed by atoms with Crippen molar-refractivity contribution in [1.29, 1.82) is 0 Å². The average molecular weight is 373 g/mol. The van der Waals surface area contributed by atoms with Crippen molar-refractivity contribution in [3.8, 4) is 11.5 Å². The number of hydrogen-bond donors (Lipinski definition) is 1. The van der Waals surface area contributed by atoms with E-state index in [1.807, 2.05) is 13.8 Å². The van der Waals surface area contributed by atoms with E-state index >= 15 is 0 Å². The summed E-state index contributed by atoms with van der Waals surface area (Å²) >= 11 is 0. The lowest BCUT2D eigenvalue weighted by Crippen LogP contribution is -2.35. The van der Waals surface area contributed by atoms with E-state index in [0.29, 0.717) is 42.2 Å². The van der Waals surface area contributed by atoms with Gasteiger partial charge in [-0.05, 0) is 60.9 Å². The first-order valence-corrected chi connectivity index (χ1v) is 8.99. The summed E-state index contributed by atoms with van der Waals surface area (Å²) in [6.07, 6.45) is 1.09. The number of rotatable bonds is 6. The minimum absolute atomic E-state index is 0.179. The second-order valence-corrected chi connectivity index (χ2v) is 6.56. The lowest BCUT2D eigenvalue weighted by molar-refractivity contribution is -0.0649. The van der Waals surface area contributed by atoms with Gasteiger partial charge < -0.3 is 19.4 Å². The Balaban J connectivity index is 1.87. The van der Waals surface area contributed by atoms with Crippen LogP contribution in [0, 0.1) is 5.82 Å². The molecule has 2 aromatic carbocycles. The number of benzene rings is 2. The summed E-state index contributed by atoms with van der Waals surface area (Å²) < 4.78 is 31.5. The maximum atomic E-state index is 14.3. The fraction of sp³-hybridized carbons (Fsp3) is 0.381. The maximum absolute atomic E-state index is 14.3. The summed E-state index contributed by atoms with van der Waals surface area (Å²) in [4.78, 5) is 0. The van der Waals surface area contributed by atoms with Crippen LogP contribution < -0.4 is 4.74 Å². The summed E-state index contributed by atoms with van der Waals surface area (Å²) in [6.45, 7) is 4.40. The Bertz CT molecular complexity index is 821. The van der Waals surface area contributed by atoms with Crippen molar-refractivity contribution in [2.45, 2.75) is 38.4 Å². The summed E-state index contributed by atoms with van der Waals surface area (Å²) in [7, 11) is 1.61. The Kier molecular flexibility index (Phi) is 5.77. The van der Waals surface area contributed by atoms with Crippen LogP contribution in [0.3, 0.4) is 0 Å². The van der Waals surface area contributed by atoms with Gasteiger partial charge in [0.25, 0.3) is 0 Å². The minimum atomic E-state index is -0.683. The van der Waals surface area contributed by atoms with Crippen LogP contribution in [0.25, 0.3) is 0 Å². The van der Waals surface area contributed by atoms with Crippen LogP contribution in [0.2, 0.25) is 0 Å². The zero-order valence-electron chi connectivity index (χ0n) is 15.7. The Labute approximate surface area is 158 Å². The van der Waals surface area contributed by atoms with E-state index in [1.165, 1.54) is 12.1 Å². The van der Waals surface area contributed by atoms with E-state index in [4.69, 9.17) is 19.4 Å². The van der Waals surface area contributed by atoms with Gasteiger partial charge in [0.1, 0.15) is 22.9 Å². The highest BCUT2D eigenvalue weighted by Crippen LogP contribution is 2.41. The van der Waals surface area contributed by atoms with Crippen LogP contribution in [0.4, 0.5) is 4.39 Å². The van der Waals surface area contributed by atoms with Crippen LogP contribution in [-0.2, 0) is 15.1 Å². The van der Waals surface area contributed by atoms with Crippen molar-refractivity contribution in [3.63, 3.8) is 0 Å². The van der Waals surface area contributed by atoms with Crippen molar-refractivity contribution < 1.29 is 23.8 Å². The van der Waals surface area contributed by atoms with Crippen molar-refractivity contribution in [2.24, 2.45) is 5.16 Å². The quantitative estimate of drug-likeness (QED) is 0.446. The number of halogens is 1. The molecule has 3 rings (SSSR count). The standard InChI is InChI=1S/C21H24FNO4/c1-4-20(23-24)15-5-7-18(8-6-15)27-19-12-16(11-17(22)13-19)21(25-3)9-10-26-14(21)2/h5-8,11-14,24H,4,9-10H2,1-3H3. The first-order chi connectivity index (χ1) is 13.0. The molecule has 0 spiro atoms. The highest BCUT2D eigenvalue weighted by molar-refractivity contribution is 6.00. The minimum Gasteiger partial charge on any atom is -0.457 e. The summed E-state index contributed by atoms with van der Waals surface area (Å²) in [5.74, 6) is 0.557. The van der Waals surface area contributed by atoms with Gasteiger partial charge in [0.05, 0.1) is 18.4 Å². The molecule has 0 aromatic heterocycles. The summed E-state index contributed by atoms with van der Waals surface area (Å²) in [6, 6.07) is 11.7. The third kappa shape index (κ3) is 3.82. The number of oxime groups is 1. The van der Waals surface area contributed by atoms with Crippen molar-refractivity contribution in [3.05, 3.63) is 59.4 Å². The van der Waals surface area contributed by atoms with Crippen LogP contribution >= 0.6 is 0 Å². The lowest BCUT2D eigenvalue weighted by Gasteiger charge is -2.31. The molecule has 2 aromatic rings. The molecule has 0 aliphatic carbocycles. The average Bonchev–Trinajstić information content (AvgIpc) is 3.05. The Morgan fingerprint density at radius 2 is 2.00 bits per heavy atom. The molecule has 2 unspecified atom stereocenters. The SMILES string of the molecule is CCC(=NO)c1ccc(Oc2cc(F)cc(C3(OC)CCOC3C)c2)cc1. The second-order valence-electron chi connectivity index (χ2n) is 6.56. The number of hydrogen-bond acceptors (Lipinski definition) is 5. The van der Waals surface area contributed by atoms with Gasteiger partial charge in [-0.3, -0.25) is 0 Å². The third-order valence-electron chi connectivity index (χ3n) is 5.10. The fourth-order valence-corrected chi connectivity index (χ4v) is 3.54. The molecule has 1 N–H and O–H groups in total. The first-order valence-electron chi connectivity index (χ1n) is 8.99. The first kappa shape index (κ1) is 19.3. The molecule has 0 radical (unpaired) electrons. The van der Waals surface area contributed by atoms with Gasteiger partial charge in [-0.25, -0.2) is 4.39 Å². The van der Waals surface area contributed by atoms with Gasteiger partial charge in [-0.1, -0.05) is 12.1 Å². The highest BCUT2D eigenvalue weighted by atomic mass is 19.1. The topological polar surface area (TPSA) is 60.3 Å². The van der Waals surface area contributed by atoms with Gasteiger partial charge in [0.15, 0.2) is 0 Å². The van der Waals surface area contributed by atoms with Crippen molar-refractivity contribution in [2.75, 3.05) is 13.7 Å². The summed E-state index contributed by atoms with van der Waals surface area (Å²) in [5, 5.41) is 12.3. The largest absolute Gasteiger partial charge is 0.457 e. The molecule has 2 atom stereocenters. The molecular formula is C21H24FNO4.